The number of aryl methyl sites for hydroxylation is 1. The lowest BCUT2D eigenvalue weighted by Gasteiger charge is -2.10. The zero-order chi connectivity index (χ0) is 12.3. The Labute approximate surface area is 119 Å². The van der Waals surface area contributed by atoms with Gasteiger partial charge in [0.15, 0.2) is 0 Å². The number of hydrogen-bond donors (Lipinski definition) is 1. The summed E-state index contributed by atoms with van der Waals surface area (Å²) in [5.41, 5.74) is 8.68. The third kappa shape index (κ3) is 3.58. The van der Waals surface area contributed by atoms with E-state index in [1.165, 1.54) is 16.0 Å². The first kappa shape index (κ1) is 13.1. The van der Waals surface area contributed by atoms with E-state index in [0.29, 0.717) is 0 Å². The third-order valence-electron chi connectivity index (χ3n) is 2.46. The van der Waals surface area contributed by atoms with Crippen molar-refractivity contribution in [2.24, 2.45) is 5.73 Å². The molecule has 1 aromatic heterocycles. The van der Waals surface area contributed by atoms with E-state index in [4.69, 9.17) is 5.73 Å². The van der Waals surface area contributed by atoms with Crippen LogP contribution in [0.15, 0.2) is 44.4 Å². The second-order valence-electron chi connectivity index (χ2n) is 3.91. The Bertz CT molecular complexity index is 496. The summed E-state index contributed by atoms with van der Waals surface area (Å²) in [5, 5.41) is 4.19. The number of benzene rings is 1. The van der Waals surface area contributed by atoms with Gasteiger partial charge in [0.25, 0.3) is 0 Å². The maximum absolute atomic E-state index is 6.18. The molecule has 0 radical (unpaired) electrons. The Kier molecular flexibility index (Phi) is 4.68. The predicted molar refractivity (Wildman–Crippen MR) is 80.9 cm³/mol. The molecule has 17 heavy (non-hydrogen) atoms. The molecule has 1 heterocycles. The molecule has 0 spiro atoms. The summed E-state index contributed by atoms with van der Waals surface area (Å²) in [6.45, 7) is 2.11. The molecule has 1 unspecified atom stereocenters. The van der Waals surface area contributed by atoms with E-state index in [9.17, 15) is 0 Å². The van der Waals surface area contributed by atoms with Crippen LogP contribution in [0.1, 0.15) is 17.2 Å². The molecule has 2 aromatic rings. The van der Waals surface area contributed by atoms with Crippen molar-refractivity contribution in [2.45, 2.75) is 17.9 Å². The van der Waals surface area contributed by atoms with Crippen molar-refractivity contribution in [1.29, 1.82) is 0 Å². The number of nitrogens with two attached hydrogens (primary N) is 1. The lowest BCUT2D eigenvalue weighted by atomic mass is 10.2. The minimum atomic E-state index is 0.0844. The Morgan fingerprint density at radius 3 is 2.88 bits per heavy atom. The lowest BCUT2D eigenvalue weighted by molar-refractivity contribution is 0.831. The van der Waals surface area contributed by atoms with E-state index in [1.54, 1.807) is 11.3 Å². The highest BCUT2D eigenvalue weighted by molar-refractivity contribution is 9.10. The number of thiophene rings is 1. The normalized spacial score (nSPS) is 12.6. The molecule has 1 aromatic carbocycles. The Hall–Kier alpha value is -0.290. The van der Waals surface area contributed by atoms with E-state index >= 15 is 0 Å². The molecule has 1 atom stereocenters. The van der Waals surface area contributed by atoms with E-state index in [2.05, 4.69) is 57.9 Å². The fourth-order valence-electron chi connectivity index (χ4n) is 1.54. The number of halogens is 1. The van der Waals surface area contributed by atoms with E-state index < -0.39 is 0 Å². The summed E-state index contributed by atoms with van der Waals surface area (Å²) in [6, 6.07) is 8.61. The molecular weight excluding hydrogens is 314 g/mol. The van der Waals surface area contributed by atoms with Crippen LogP contribution in [0.5, 0.6) is 0 Å². The summed E-state index contributed by atoms with van der Waals surface area (Å²) in [5.74, 6) is 0.902. The van der Waals surface area contributed by atoms with Gasteiger partial charge in [-0.3, -0.25) is 0 Å². The van der Waals surface area contributed by atoms with Crippen LogP contribution < -0.4 is 5.73 Å². The first-order valence-electron chi connectivity index (χ1n) is 5.33. The van der Waals surface area contributed by atoms with Crippen LogP contribution in [0.2, 0.25) is 0 Å². The minimum Gasteiger partial charge on any atom is -0.323 e. The van der Waals surface area contributed by atoms with Crippen molar-refractivity contribution in [3.05, 3.63) is 50.6 Å². The summed E-state index contributed by atoms with van der Waals surface area (Å²) in [6.07, 6.45) is 0. The van der Waals surface area contributed by atoms with E-state index in [-0.39, 0.29) is 6.04 Å². The second kappa shape index (κ2) is 6.05. The highest BCUT2D eigenvalue weighted by Crippen LogP contribution is 2.30. The highest BCUT2D eigenvalue weighted by Gasteiger charge is 2.11. The quantitative estimate of drug-likeness (QED) is 0.830. The fraction of sp³-hybridized carbons (Fsp3) is 0.231. The van der Waals surface area contributed by atoms with Crippen LogP contribution in [0.25, 0.3) is 0 Å². The number of hydrogen-bond acceptors (Lipinski definition) is 3. The summed E-state index contributed by atoms with van der Waals surface area (Å²) < 4.78 is 1.12. The molecule has 0 bridgehead atoms. The maximum atomic E-state index is 6.18. The summed E-state index contributed by atoms with van der Waals surface area (Å²) in [4.78, 5) is 1.28. The van der Waals surface area contributed by atoms with Gasteiger partial charge in [-0.25, -0.2) is 0 Å². The van der Waals surface area contributed by atoms with Gasteiger partial charge in [-0.1, -0.05) is 17.7 Å². The maximum Gasteiger partial charge on any atom is 0.0409 e. The first-order valence-corrected chi connectivity index (χ1v) is 8.05. The highest BCUT2D eigenvalue weighted by atomic mass is 79.9. The molecule has 0 fully saturated rings. The van der Waals surface area contributed by atoms with Gasteiger partial charge in [0.05, 0.1) is 0 Å². The van der Waals surface area contributed by atoms with Gasteiger partial charge in [-0.15, -0.1) is 11.8 Å². The Balaban J connectivity index is 1.97. The van der Waals surface area contributed by atoms with Gasteiger partial charge in [-0.05, 0) is 45.9 Å². The van der Waals surface area contributed by atoms with Gasteiger partial charge in [0.1, 0.15) is 0 Å². The average Bonchev–Trinajstić information content (AvgIpc) is 2.72. The van der Waals surface area contributed by atoms with Crippen molar-refractivity contribution in [2.75, 3.05) is 5.75 Å². The van der Waals surface area contributed by atoms with Crippen LogP contribution in [0, 0.1) is 6.92 Å². The smallest absolute Gasteiger partial charge is 0.0409 e. The van der Waals surface area contributed by atoms with Crippen LogP contribution in [0.3, 0.4) is 0 Å². The Morgan fingerprint density at radius 1 is 1.41 bits per heavy atom. The first-order chi connectivity index (χ1) is 8.16. The molecule has 0 saturated heterocycles. The van der Waals surface area contributed by atoms with Gasteiger partial charge >= 0.3 is 0 Å². The van der Waals surface area contributed by atoms with E-state index in [0.717, 1.165) is 10.2 Å². The van der Waals surface area contributed by atoms with Crippen molar-refractivity contribution < 1.29 is 0 Å². The largest absolute Gasteiger partial charge is 0.323 e. The topological polar surface area (TPSA) is 26.0 Å². The SMILES string of the molecule is Cc1cccc(SCC(N)c2cscc2Br)c1. The lowest BCUT2D eigenvalue weighted by Crippen LogP contribution is -2.12. The molecule has 0 aliphatic rings. The van der Waals surface area contributed by atoms with Gasteiger partial charge in [0, 0.05) is 26.5 Å². The molecule has 0 aliphatic carbocycles. The van der Waals surface area contributed by atoms with Crippen LogP contribution in [-0.4, -0.2) is 5.75 Å². The third-order valence-corrected chi connectivity index (χ3v) is 5.33. The Morgan fingerprint density at radius 2 is 2.24 bits per heavy atom. The monoisotopic (exact) mass is 327 g/mol. The number of rotatable bonds is 4. The molecule has 0 amide bonds. The molecule has 90 valence electrons. The zero-order valence-corrected chi connectivity index (χ0v) is 12.7. The molecule has 0 saturated carbocycles. The molecule has 4 heteroatoms. The predicted octanol–water partition coefficient (Wildman–Crippen LogP) is 4.61. The van der Waals surface area contributed by atoms with Gasteiger partial charge < -0.3 is 5.73 Å². The molecule has 0 aliphatic heterocycles. The molecule has 2 rings (SSSR count). The molecule has 1 nitrogen and oxygen atoms in total. The number of thioether (sulfide) groups is 1. The molecular formula is C13H14BrNS2. The summed E-state index contributed by atoms with van der Waals surface area (Å²) in [7, 11) is 0. The van der Waals surface area contributed by atoms with Crippen molar-refractivity contribution in [1.82, 2.24) is 0 Å². The standard InChI is InChI=1S/C13H14BrNS2/c1-9-3-2-4-10(5-9)17-8-13(15)11-6-16-7-12(11)14/h2-7,13H,8,15H2,1H3. The average molecular weight is 328 g/mol. The second-order valence-corrected chi connectivity index (χ2v) is 6.60. The summed E-state index contributed by atoms with van der Waals surface area (Å²) >= 11 is 7.02. The van der Waals surface area contributed by atoms with Crippen molar-refractivity contribution in [3.63, 3.8) is 0 Å². The fourth-order valence-corrected chi connectivity index (χ4v) is 4.19. The van der Waals surface area contributed by atoms with Crippen LogP contribution in [0.4, 0.5) is 0 Å². The van der Waals surface area contributed by atoms with Crippen LogP contribution >= 0.6 is 39.0 Å². The van der Waals surface area contributed by atoms with Gasteiger partial charge in [-0.2, -0.15) is 11.3 Å². The van der Waals surface area contributed by atoms with Crippen molar-refractivity contribution in [3.8, 4) is 0 Å². The van der Waals surface area contributed by atoms with E-state index in [1.807, 2.05) is 11.8 Å². The minimum absolute atomic E-state index is 0.0844. The van der Waals surface area contributed by atoms with Crippen LogP contribution in [-0.2, 0) is 0 Å². The molecule has 2 N–H and O–H groups in total. The van der Waals surface area contributed by atoms with Gasteiger partial charge in [0.2, 0.25) is 0 Å². The zero-order valence-electron chi connectivity index (χ0n) is 9.52. The van der Waals surface area contributed by atoms with Crippen molar-refractivity contribution >= 4 is 39.0 Å².